The molecule has 1 heterocycles. The lowest BCUT2D eigenvalue weighted by molar-refractivity contribution is -0.137. The summed E-state index contributed by atoms with van der Waals surface area (Å²) in [6.07, 6.45) is -0.243. The Kier molecular flexibility index (Phi) is 5.24. The van der Waals surface area contributed by atoms with E-state index in [2.05, 4.69) is 20.8 Å². The molecule has 0 bridgehead atoms. The first kappa shape index (κ1) is 16.0. The van der Waals surface area contributed by atoms with Crippen LogP contribution in [0.25, 0.3) is 0 Å². The molecule has 2 rings (SSSR count). The molecule has 112 valence electrons. The fourth-order valence-electron chi connectivity index (χ4n) is 2.68. The van der Waals surface area contributed by atoms with Crippen LogP contribution in [-0.4, -0.2) is 18.5 Å². The van der Waals surface area contributed by atoms with E-state index in [1.54, 1.807) is 6.07 Å². The summed E-state index contributed by atoms with van der Waals surface area (Å²) in [6, 6.07) is 4.25. The highest BCUT2D eigenvalue weighted by Gasteiger charge is 2.32. The lowest BCUT2D eigenvalue weighted by Gasteiger charge is -2.28. The zero-order chi connectivity index (χ0) is 14.8. The minimum atomic E-state index is -4.30. The van der Waals surface area contributed by atoms with Crippen molar-refractivity contribution in [1.29, 1.82) is 0 Å². The molecule has 20 heavy (non-hydrogen) atoms. The van der Waals surface area contributed by atoms with Gasteiger partial charge >= 0.3 is 6.18 Å². The Labute approximate surface area is 130 Å². The smallest absolute Gasteiger partial charge is 0.368 e. The molecule has 1 saturated heterocycles. The quantitative estimate of drug-likeness (QED) is 0.637. The summed E-state index contributed by atoms with van der Waals surface area (Å²) >= 11 is 9.00. The number of alkyl halides is 4. The zero-order valence-electron chi connectivity index (χ0n) is 10.9. The van der Waals surface area contributed by atoms with Crippen LogP contribution in [0.4, 0.5) is 18.9 Å². The molecule has 0 radical (unpaired) electrons. The molecule has 1 atom stereocenters. The Morgan fingerprint density at radius 2 is 2.10 bits per heavy atom. The lowest BCUT2D eigenvalue weighted by Crippen LogP contribution is -2.29. The van der Waals surface area contributed by atoms with E-state index in [1.807, 2.05) is 0 Å². The number of benzene rings is 1. The van der Waals surface area contributed by atoms with Crippen LogP contribution in [-0.2, 0) is 6.18 Å². The highest BCUT2D eigenvalue weighted by atomic mass is 79.9. The maximum absolute atomic E-state index is 12.7. The first-order valence-corrected chi connectivity index (χ1v) is 7.95. The van der Waals surface area contributed by atoms with E-state index in [-0.39, 0.29) is 0 Å². The van der Waals surface area contributed by atoms with E-state index in [0.29, 0.717) is 16.4 Å². The summed E-state index contributed by atoms with van der Waals surface area (Å²) in [6.45, 7) is 0.886. The molecule has 0 N–H and O–H groups in total. The fraction of sp³-hybridized carbons (Fsp3) is 0.571. The van der Waals surface area contributed by atoms with Crippen LogP contribution < -0.4 is 4.90 Å². The van der Waals surface area contributed by atoms with Crippen molar-refractivity contribution in [3.63, 3.8) is 0 Å². The molecule has 1 nitrogen and oxygen atoms in total. The van der Waals surface area contributed by atoms with E-state index < -0.39 is 11.7 Å². The van der Waals surface area contributed by atoms with Gasteiger partial charge in [-0.2, -0.15) is 13.2 Å². The Morgan fingerprint density at radius 1 is 1.35 bits per heavy atom. The van der Waals surface area contributed by atoms with Crippen molar-refractivity contribution in [1.82, 2.24) is 0 Å². The van der Waals surface area contributed by atoms with Gasteiger partial charge in [0.05, 0.1) is 11.3 Å². The molecule has 0 amide bonds. The molecular weight excluding hydrogens is 355 g/mol. The van der Waals surface area contributed by atoms with Crippen LogP contribution in [0, 0.1) is 0 Å². The predicted octanol–water partition coefficient (Wildman–Crippen LogP) is 5.46. The van der Waals surface area contributed by atoms with Crippen LogP contribution in [0.2, 0.25) is 0 Å². The third kappa shape index (κ3) is 3.61. The molecule has 1 unspecified atom stereocenters. The first-order valence-electron chi connectivity index (χ1n) is 6.63. The van der Waals surface area contributed by atoms with Crippen molar-refractivity contribution >= 4 is 33.2 Å². The average Bonchev–Trinajstić information content (AvgIpc) is 2.83. The summed E-state index contributed by atoms with van der Waals surface area (Å²) in [7, 11) is 0. The number of hydrogen-bond donors (Lipinski definition) is 0. The van der Waals surface area contributed by atoms with Gasteiger partial charge < -0.3 is 4.90 Å². The third-order valence-electron chi connectivity index (χ3n) is 3.63. The van der Waals surface area contributed by atoms with E-state index in [1.165, 1.54) is 0 Å². The maximum Gasteiger partial charge on any atom is 0.416 e. The summed E-state index contributed by atoms with van der Waals surface area (Å²) in [5.41, 5.74) is 0.222. The minimum absolute atomic E-state index is 0.377. The molecule has 1 aliphatic heterocycles. The topological polar surface area (TPSA) is 3.24 Å². The van der Waals surface area contributed by atoms with Gasteiger partial charge in [0, 0.05) is 22.9 Å². The molecule has 0 spiro atoms. The number of hydrogen-bond acceptors (Lipinski definition) is 1. The SMILES string of the molecule is FC(F)(F)c1ccc(N2CCCC2CCCCl)c(Br)c1. The van der Waals surface area contributed by atoms with Crippen molar-refractivity contribution < 1.29 is 13.2 Å². The van der Waals surface area contributed by atoms with Gasteiger partial charge in [0.15, 0.2) is 0 Å². The van der Waals surface area contributed by atoms with Gasteiger partial charge in [-0.05, 0) is 59.8 Å². The lowest BCUT2D eigenvalue weighted by atomic mass is 10.1. The molecule has 0 aromatic heterocycles. The molecule has 6 heteroatoms. The van der Waals surface area contributed by atoms with Gasteiger partial charge in [-0.3, -0.25) is 0 Å². The predicted molar refractivity (Wildman–Crippen MR) is 79.5 cm³/mol. The second kappa shape index (κ2) is 6.56. The molecular formula is C14H16BrClF3N. The standard InChI is InChI=1S/C14H16BrClF3N/c15-12-9-10(14(17,18)19)5-6-13(12)20-8-2-4-11(20)3-1-7-16/h5-6,9,11H,1-4,7-8H2. The van der Waals surface area contributed by atoms with Crippen molar-refractivity contribution in [2.45, 2.75) is 37.9 Å². The second-order valence-electron chi connectivity index (χ2n) is 4.98. The van der Waals surface area contributed by atoms with Crippen LogP contribution >= 0.6 is 27.5 Å². The van der Waals surface area contributed by atoms with Crippen LogP contribution in [0.1, 0.15) is 31.2 Å². The summed E-state index contributed by atoms with van der Waals surface area (Å²) in [4.78, 5) is 2.19. The van der Waals surface area contributed by atoms with E-state index in [9.17, 15) is 13.2 Å². The maximum atomic E-state index is 12.7. The fourth-order valence-corrected chi connectivity index (χ4v) is 3.44. The monoisotopic (exact) mass is 369 g/mol. The van der Waals surface area contributed by atoms with Gasteiger partial charge in [-0.15, -0.1) is 11.6 Å². The molecule has 0 aliphatic carbocycles. The molecule has 1 aliphatic rings. The molecule has 1 aromatic carbocycles. The Bertz CT molecular complexity index is 464. The Balaban J connectivity index is 2.20. The Morgan fingerprint density at radius 3 is 2.70 bits per heavy atom. The van der Waals surface area contributed by atoms with Crippen LogP contribution in [0.3, 0.4) is 0 Å². The number of nitrogens with zero attached hydrogens (tertiary/aromatic N) is 1. The largest absolute Gasteiger partial charge is 0.416 e. The Hall–Kier alpha value is -0.420. The normalized spacial score (nSPS) is 19.6. The zero-order valence-corrected chi connectivity index (χ0v) is 13.2. The van der Waals surface area contributed by atoms with Gasteiger partial charge in [-0.1, -0.05) is 0 Å². The van der Waals surface area contributed by atoms with Crippen molar-refractivity contribution in [3.05, 3.63) is 28.2 Å². The highest BCUT2D eigenvalue weighted by molar-refractivity contribution is 9.10. The highest BCUT2D eigenvalue weighted by Crippen LogP contribution is 2.38. The van der Waals surface area contributed by atoms with Gasteiger partial charge in [0.1, 0.15) is 0 Å². The summed E-state index contributed by atoms with van der Waals surface area (Å²) in [5.74, 6) is 0.624. The second-order valence-corrected chi connectivity index (χ2v) is 6.22. The molecule has 1 fully saturated rings. The van der Waals surface area contributed by atoms with Crippen molar-refractivity contribution in [2.24, 2.45) is 0 Å². The van der Waals surface area contributed by atoms with Gasteiger partial charge in [0.25, 0.3) is 0 Å². The van der Waals surface area contributed by atoms with Gasteiger partial charge in [0.2, 0.25) is 0 Å². The van der Waals surface area contributed by atoms with Crippen LogP contribution in [0.5, 0.6) is 0 Å². The average molecular weight is 371 g/mol. The van der Waals surface area contributed by atoms with E-state index in [0.717, 1.165) is 50.0 Å². The van der Waals surface area contributed by atoms with Crippen LogP contribution in [0.15, 0.2) is 22.7 Å². The molecule has 1 aromatic rings. The summed E-state index contributed by atoms with van der Waals surface area (Å²) < 4.78 is 38.5. The third-order valence-corrected chi connectivity index (χ3v) is 4.53. The number of halogens is 5. The number of anilines is 1. The van der Waals surface area contributed by atoms with Crippen molar-refractivity contribution in [3.8, 4) is 0 Å². The first-order chi connectivity index (χ1) is 9.43. The van der Waals surface area contributed by atoms with Gasteiger partial charge in [-0.25, -0.2) is 0 Å². The van der Waals surface area contributed by atoms with E-state index >= 15 is 0 Å². The van der Waals surface area contributed by atoms with E-state index in [4.69, 9.17) is 11.6 Å². The van der Waals surface area contributed by atoms with Crippen molar-refractivity contribution in [2.75, 3.05) is 17.3 Å². The number of rotatable bonds is 4. The minimum Gasteiger partial charge on any atom is -0.368 e. The summed E-state index contributed by atoms with van der Waals surface area (Å²) in [5, 5.41) is 0. The molecule has 0 saturated carbocycles.